The summed E-state index contributed by atoms with van der Waals surface area (Å²) in [5.74, 6) is -0.0561. The summed E-state index contributed by atoms with van der Waals surface area (Å²) in [5, 5.41) is 0. The average molecular weight is 532 g/mol. The van der Waals surface area contributed by atoms with Gasteiger partial charge in [0, 0.05) is 66.0 Å². The molecule has 0 bridgehead atoms. The number of aliphatic imine (C=N–C) groups is 1. The number of halogens is 2. The summed E-state index contributed by atoms with van der Waals surface area (Å²) in [7, 11) is 5.38. The zero-order valence-corrected chi connectivity index (χ0v) is 24.0. The molecule has 6 nitrogen and oxygen atoms in total. The molecular formula is C30H47F2N5O. The van der Waals surface area contributed by atoms with Crippen molar-refractivity contribution in [2.75, 3.05) is 60.4 Å². The van der Waals surface area contributed by atoms with Crippen LogP contribution in [0.2, 0.25) is 0 Å². The van der Waals surface area contributed by atoms with E-state index < -0.39 is 0 Å². The zero-order chi connectivity index (χ0) is 27.9. The van der Waals surface area contributed by atoms with E-state index in [0.717, 1.165) is 69.7 Å². The Morgan fingerprint density at radius 2 is 2.03 bits per heavy atom. The van der Waals surface area contributed by atoms with Gasteiger partial charge in [-0.15, -0.1) is 0 Å². The van der Waals surface area contributed by atoms with Crippen LogP contribution in [0.1, 0.15) is 52.4 Å². The monoisotopic (exact) mass is 531 g/mol. The van der Waals surface area contributed by atoms with Crippen LogP contribution in [0.5, 0.6) is 0 Å². The maximum Gasteiger partial charge on any atom is 0.241 e. The Morgan fingerprint density at radius 1 is 1.26 bits per heavy atom. The molecule has 0 aromatic carbocycles. The second kappa shape index (κ2) is 16.8. The molecule has 2 rings (SSSR count). The van der Waals surface area contributed by atoms with Gasteiger partial charge in [-0.05, 0) is 62.1 Å². The maximum absolute atomic E-state index is 14.2. The minimum absolute atomic E-state index is 0.0584. The summed E-state index contributed by atoms with van der Waals surface area (Å²) >= 11 is 0. The van der Waals surface area contributed by atoms with Crippen LogP contribution < -0.4 is 0 Å². The lowest BCUT2D eigenvalue weighted by Gasteiger charge is -2.35. The number of hydrogen-bond donors (Lipinski definition) is 0. The lowest BCUT2D eigenvalue weighted by Crippen LogP contribution is -2.41. The molecule has 1 unspecified atom stereocenters. The molecule has 0 spiro atoms. The van der Waals surface area contributed by atoms with Gasteiger partial charge in [0.2, 0.25) is 5.91 Å². The van der Waals surface area contributed by atoms with Gasteiger partial charge in [0.1, 0.15) is 11.7 Å². The molecule has 0 aromatic heterocycles. The predicted octanol–water partition coefficient (Wildman–Crippen LogP) is 5.69. The number of amides is 1. The van der Waals surface area contributed by atoms with Crippen LogP contribution in [0.4, 0.5) is 8.78 Å². The minimum Gasteiger partial charge on any atom is -0.377 e. The van der Waals surface area contributed by atoms with Crippen molar-refractivity contribution in [1.29, 1.82) is 0 Å². The topological polar surface area (TPSA) is 42.4 Å². The number of nitrogens with zero attached hydrogens (tertiary/aromatic N) is 5. The first-order valence-electron chi connectivity index (χ1n) is 13.9. The number of carbonyl (C=O) groups is 1. The molecule has 8 heteroatoms. The summed E-state index contributed by atoms with van der Waals surface area (Å²) in [4.78, 5) is 25.1. The van der Waals surface area contributed by atoms with Crippen LogP contribution >= 0.6 is 0 Å². The molecule has 1 atom stereocenters. The van der Waals surface area contributed by atoms with Gasteiger partial charge < -0.3 is 19.6 Å². The molecular weight excluding hydrogens is 484 g/mol. The molecule has 38 heavy (non-hydrogen) atoms. The summed E-state index contributed by atoms with van der Waals surface area (Å²) in [6, 6.07) is 0. The molecule has 1 aliphatic carbocycles. The standard InChI is InChI=1S/C30H47F2N5O/c1-6-12-25(2)23-36(18-10-14-27(32)22-33-3)19-11-17-35(5)30(38)24-37-20-8-7-16-34(4)29-21-26(31)13-9-15-28(29)37/h9-10,13-14,18,21-22,25H,6-8,11-12,15-17,19-20,23-24H2,1-5H3/b18-10+,27-14+,33-22?. The Hall–Kier alpha value is -2.90. The van der Waals surface area contributed by atoms with Crippen molar-refractivity contribution < 1.29 is 13.6 Å². The maximum atomic E-state index is 14.2. The van der Waals surface area contributed by atoms with Gasteiger partial charge >= 0.3 is 0 Å². The Bertz CT molecular complexity index is 937. The number of likely N-dealkylation sites (N-methyl/N-ethyl adjacent to an activating group) is 2. The fourth-order valence-electron chi connectivity index (χ4n) is 4.91. The number of carbonyl (C=O) groups excluding carboxylic acids is 1. The molecule has 0 aromatic rings. The van der Waals surface area contributed by atoms with Crippen molar-refractivity contribution in [1.82, 2.24) is 19.6 Å². The van der Waals surface area contributed by atoms with E-state index in [1.807, 2.05) is 26.4 Å². The average Bonchev–Trinajstić information content (AvgIpc) is 3.06. The van der Waals surface area contributed by atoms with Crippen LogP contribution in [0.3, 0.4) is 0 Å². The normalized spacial score (nSPS) is 17.9. The third-order valence-corrected chi connectivity index (χ3v) is 6.95. The smallest absolute Gasteiger partial charge is 0.241 e. The van der Waals surface area contributed by atoms with Crippen molar-refractivity contribution in [2.45, 2.75) is 52.4 Å². The molecule has 0 saturated carbocycles. The Balaban J connectivity index is 2.00. The van der Waals surface area contributed by atoms with E-state index in [9.17, 15) is 13.6 Å². The van der Waals surface area contributed by atoms with Gasteiger partial charge in [-0.2, -0.15) is 0 Å². The number of hydrogen-bond acceptors (Lipinski definition) is 5. The van der Waals surface area contributed by atoms with Gasteiger partial charge in [-0.1, -0.05) is 26.3 Å². The van der Waals surface area contributed by atoms with E-state index in [0.29, 0.717) is 18.9 Å². The van der Waals surface area contributed by atoms with Crippen LogP contribution in [0, 0.1) is 5.92 Å². The molecule has 212 valence electrons. The van der Waals surface area contributed by atoms with Gasteiger partial charge in [0.15, 0.2) is 0 Å². The van der Waals surface area contributed by atoms with E-state index in [1.54, 1.807) is 24.1 Å². The first-order valence-corrected chi connectivity index (χ1v) is 13.9. The van der Waals surface area contributed by atoms with Crippen molar-refractivity contribution >= 4 is 12.1 Å². The Kier molecular flexibility index (Phi) is 13.9. The Labute approximate surface area is 228 Å². The van der Waals surface area contributed by atoms with Crippen molar-refractivity contribution in [3.8, 4) is 0 Å². The second-order valence-corrected chi connectivity index (χ2v) is 10.4. The lowest BCUT2D eigenvalue weighted by molar-refractivity contribution is -0.130. The largest absolute Gasteiger partial charge is 0.377 e. The van der Waals surface area contributed by atoms with E-state index in [-0.39, 0.29) is 24.1 Å². The van der Waals surface area contributed by atoms with E-state index in [2.05, 4.69) is 33.5 Å². The second-order valence-electron chi connectivity index (χ2n) is 10.4. The molecule has 0 saturated heterocycles. The van der Waals surface area contributed by atoms with Gasteiger partial charge in [0.05, 0.1) is 18.5 Å². The molecule has 0 radical (unpaired) electrons. The van der Waals surface area contributed by atoms with Crippen molar-refractivity contribution in [3.05, 3.63) is 59.6 Å². The molecule has 1 aliphatic heterocycles. The first kappa shape index (κ1) is 31.3. The van der Waals surface area contributed by atoms with Crippen LogP contribution in [-0.2, 0) is 4.79 Å². The van der Waals surface area contributed by atoms with E-state index in [1.165, 1.54) is 18.4 Å². The van der Waals surface area contributed by atoms with Gasteiger partial charge in [0.25, 0.3) is 0 Å². The highest BCUT2D eigenvalue weighted by Crippen LogP contribution is 2.26. The highest BCUT2D eigenvalue weighted by Gasteiger charge is 2.23. The third kappa shape index (κ3) is 10.8. The molecule has 1 amide bonds. The van der Waals surface area contributed by atoms with Crippen molar-refractivity contribution in [2.24, 2.45) is 10.9 Å². The molecule has 2 aliphatic rings. The summed E-state index contributed by atoms with van der Waals surface area (Å²) < 4.78 is 27.9. The number of allylic oxidation sites excluding steroid dienone is 7. The fourth-order valence-corrected chi connectivity index (χ4v) is 4.91. The fraction of sp³-hybridized carbons (Fsp3) is 0.600. The van der Waals surface area contributed by atoms with E-state index in [4.69, 9.17) is 0 Å². The van der Waals surface area contributed by atoms with Crippen molar-refractivity contribution in [3.63, 3.8) is 0 Å². The Morgan fingerprint density at radius 3 is 2.76 bits per heavy atom. The van der Waals surface area contributed by atoms with Crippen LogP contribution in [0.15, 0.2) is 64.6 Å². The predicted molar refractivity (Wildman–Crippen MR) is 154 cm³/mol. The lowest BCUT2D eigenvalue weighted by atomic mass is 10.1. The summed E-state index contributed by atoms with van der Waals surface area (Å²) in [6.07, 6.45) is 16.8. The van der Waals surface area contributed by atoms with Crippen LogP contribution in [0.25, 0.3) is 0 Å². The highest BCUT2D eigenvalue weighted by molar-refractivity contribution is 5.78. The van der Waals surface area contributed by atoms with Gasteiger partial charge in [-0.25, -0.2) is 8.78 Å². The highest BCUT2D eigenvalue weighted by atomic mass is 19.1. The van der Waals surface area contributed by atoms with E-state index >= 15 is 0 Å². The minimum atomic E-state index is -0.383. The summed E-state index contributed by atoms with van der Waals surface area (Å²) in [6.45, 7) is 8.65. The van der Waals surface area contributed by atoms with Crippen LogP contribution in [-0.4, -0.2) is 92.1 Å². The van der Waals surface area contributed by atoms with Gasteiger partial charge in [-0.3, -0.25) is 9.79 Å². The molecule has 0 fully saturated rings. The first-order chi connectivity index (χ1) is 18.2. The molecule has 1 heterocycles. The SMILES string of the molecule is CCCC(C)CN(/C=C/C=C(/F)C=NC)CCCN(C)C(=O)CN1CCCCN(C)C2=C1CC=CC(F)=C2. The third-order valence-electron chi connectivity index (χ3n) is 6.95. The number of rotatable bonds is 13. The quantitative estimate of drug-likeness (QED) is 0.226. The summed E-state index contributed by atoms with van der Waals surface area (Å²) in [5.41, 5.74) is 1.87. The molecule has 0 N–H and O–H groups in total. The zero-order valence-electron chi connectivity index (χ0n) is 24.0.